The molecule has 0 aliphatic rings. The highest BCUT2D eigenvalue weighted by Gasteiger charge is 2.16. The van der Waals surface area contributed by atoms with Gasteiger partial charge in [0, 0.05) is 12.4 Å². The largest absolute Gasteiger partial charge is 0.289 e. The summed E-state index contributed by atoms with van der Waals surface area (Å²) in [5.41, 5.74) is 5.51. The number of carbonyl (C=O) groups is 1. The summed E-state index contributed by atoms with van der Waals surface area (Å²) in [7, 11) is -3.82. The van der Waals surface area contributed by atoms with E-state index in [1.165, 1.54) is 30.7 Å². The monoisotopic (exact) mass is 351 g/mol. The molecule has 0 fully saturated rings. The third-order valence-corrected chi connectivity index (χ3v) is 4.34. The highest BCUT2D eigenvalue weighted by molar-refractivity contribution is 7.91. The third-order valence-electron chi connectivity index (χ3n) is 2.64. The van der Waals surface area contributed by atoms with Crippen molar-refractivity contribution in [2.75, 3.05) is 0 Å². The molecule has 0 aliphatic heterocycles. The average Bonchev–Trinajstić information content (AvgIpc) is 2.53. The molecule has 0 aliphatic carbocycles. The van der Waals surface area contributed by atoms with Crippen LogP contribution in [0.3, 0.4) is 0 Å². The SMILES string of the molecule is Cc1ccc(S(=O)(=O)NC(=S)NNC(=O)c2cnccn2)cc1. The van der Waals surface area contributed by atoms with E-state index in [4.69, 9.17) is 12.2 Å². The maximum atomic E-state index is 12.1. The molecule has 0 saturated heterocycles. The topological polar surface area (TPSA) is 113 Å². The summed E-state index contributed by atoms with van der Waals surface area (Å²) in [6.45, 7) is 1.85. The van der Waals surface area contributed by atoms with Gasteiger partial charge in [0.1, 0.15) is 5.69 Å². The predicted octanol–water partition coefficient (Wildman–Crippen LogP) is 0.283. The number of hydrazine groups is 1. The van der Waals surface area contributed by atoms with E-state index in [9.17, 15) is 13.2 Å². The first-order valence-electron chi connectivity index (χ1n) is 6.34. The molecule has 0 spiro atoms. The second kappa shape index (κ2) is 7.11. The Labute approximate surface area is 138 Å². The van der Waals surface area contributed by atoms with Gasteiger partial charge >= 0.3 is 0 Å². The van der Waals surface area contributed by atoms with Crippen LogP contribution < -0.4 is 15.6 Å². The van der Waals surface area contributed by atoms with Gasteiger partial charge in [0.15, 0.2) is 5.11 Å². The summed E-state index contributed by atoms with van der Waals surface area (Å²) in [6.07, 6.45) is 4.04. The van der Waals surface area contributed by atoms with Crippen LogP contribution in [0.25, 0.3) is 0 Å². The number of sulfonamides is 1. The molecule has 1 aromatic carbocycles. The van der Waals surface area contributed by atoms with Gasteiger partial charge in [-0.3, -0.25) is 25.4 Å². The lowest BCUT2D eigenvalue weighted by Gasteiger charge is -2.11. The van der Waals surface area contributed by atoms with Gasteiger partial charge in [-0.05, 0) is 31.3 Å². The number of aromatic nitrogens is 2. The van der Waals surface area contributed by atoms with Crippen LogP contribution in [0, 0.1) is 6.92 Å². The molecule has 0 atom stereocenters. The van der Waals surface area contributed by atoms with Crippen molar-refractivity contribution in [1.29, 1.82) is 0 Å². The Balaban J connectivity index is 1.94. The van der Waals surface area contributed by atoms with Crippen LogP contribution in [-0.2, 0) is 10.0 Å². The fourth-order valence-electron chi connectivity index (χ4n) is 1.52. The fraction of sp³-hybridized carbons (Fsp3) is 0.0769. The Bertz CT molecular complexity index is 807. The molecule has 0 radical (unpaired) electrons. The minimum Gasteiger partial charge on any atom is -0.273 e. The lowest BCUT2D eigenvalue weighted by Crippen LogP contribution is -2.48. The number of nitrogens with zero attached hydrogens (tertiary/aromatic N) is 2. The van der Waals surface area contributed by atoms with Gasteiger partial charge in [-0.15, -0.1) is 0 Å². The van der Waals surface area contributed by atoms with Crippen LogP contribution in [0.4, 0.5) is 0 Å². The zero-order valence-electron chi connectivity index (χ0n) is 12.0. The molecule has 8 nitrogen and oxygen atoms in total. The Morgan fingerprint density at radius 3 is 2.43 bits per heavy atom. The first-order chi connectivity index (χ1) is 10.9. The summed E-state index contributed by atoms with van der Waals surface area (Å²) in [6, 6.07) is 6.25. The highest BCUT2D eigenvalue weighted by Crippen LogP contribution is 2.09. The van der Waals surface area contributed by atoms with Gasteiger partial charge in [0.05, 0.1) is 11.1 Å². The van der Waals surface area contributed by atoms with Crippen LogP contribution in [0.2, 0.25) is 0 Å². The molecule has 23 heavy (non-hydrogen) atoms. The number of benzene rings is 1. The first-order valence-corrected chi connectivity index (χ1v) is 8.23. The second-order valence-electron chi connectivity index (χ2n) is 4.42. The van der Waals surface area contributed by atoms with Crippen molar-refractivity contribution in [1.82, 2.24) is 25.5 Å². The van der Waals surface area contributed by atoms with Crippen molar-refractivity contribution in [2.24, 2.45) is 0 Å². The minimum atomic E-state index is -3.82. The van der Waals surface area contributed by atoms with Crippen LogP contribution in [0.1, 0.15) is 16.1 Å². The zero-order valence-corrected chi connectivity index (χ0v) is 13.6. The van der Waals surface area contributed by atoms with E-state index in [0.717, 1.165) is 5.56 Å². The van der Waals surface area contributed by atoms with Crippen molar-refractivity contribution in [3.05, 3.63) is 54.1 Å². The number of amides is 1. The maximum Gasteiger partial charge on any atom is 0.289 e. The number of aryl methyl sites for hydroxylation is 1. The number of rotatable bonds is 3. The van der Waals surface area contributed by atoms with Gasteiger partial charge in [-0.25, -0.2) is 13.4 Å². The van der Waals surface area contributed by atoms with Crippen molar-refractivity contribution in [3.8, 4) is 0 Å². The quantitative estimate of drug-likeness (QED) is 0.538. The molecule has 3 N–H and O–H groups in total. The van der Waals surface area contributed by atoms with Crippen molar-refractivity contribution in [2.45, 2.75) is 11.8 Å². The molecule has 0 saturated carbocycles. The number of thiocarbonyl (C=S) groups is 1. The molecule has 2 aromatic rings. The standard InChI is InChI=1S/C13H13N5O3S2/c1-9-2-4-10(5-3-9)23(20,21)18-13(22)17-16-12(19)11-8-14-6-7-15-11/h2-8H,1H3,(H,16,19)(H2,17,18,22). The lowest BCUT2D eigenvalue weighted by atomic mass is 10.2. The third kappa shape index (κ3) is 4.69. The van der Waals surface area contributed by atoms with E-state index in [-0.39, 0.29) is 15.7 Å². The summed E-state index contributed by atoms with van der Waals surface area (Å²) in [5, 5.41) is -0.275. The molecular formula is C13H13N5O3S2. The van der Waals surface area contributed by atoms with Crippen LogP contribution in [0.15, 0.2) is 47.8 Å². The molecule has 10 heteroatoms. The van der Waals surface area contributed by atoms with Gasteiger partial charge in [0.25, 0.3) is 15.9 Å². The predicted molar refractivity (Wildman–Crippen MR) is 86.7 cm³/mol. The van der Waals surface area contributed by atoms with Crippen LogP contribution in [0.5, 0.6) is 0 Å². The zero-order chi connectivity index (χ0) is 16.9. The molecule has 120 valence electrons. The highest BCUT2D eigenvalue weighted by atomic mass is 32.2. The van der Waals surface area contributed by atoms with Gasteiger partial charge in [-0.2, -0.15) is 0 Å². The van der Waals surface area contributed by atoms with E-state index >= 15 is 0 Å². The summed E-state index contributed by atoms with van der Waals surface area (Å²) < 4.78 is 26.3. The van der Waals surface area contributed by atoms with E-state index in [1.807, 2.05) is 6.92 Å². The van der Waals surface area contributed by atoms with Gasteiger partial charge in [-0.1, -0.05) is 17.7 Å². The molecule has 0 bridgehead atoms. The molecule has 1 heterocycles. The Kier molecular flexibility index (Phi) is 5.19. The lowest BCUT2D eigenvalue weighted by molar-refractivity contribution is 0.0938. The van der Waals surface area contributed by atoms with Gasteiger partial charge in [0.2, 0.25) is 0 Å². The molecule has 1 amide bonds. The summed E-state index contributed by atoms with van der Waals surface area (Å²) in [5.74, 6) is -0.602. The Hall–Kier alpha value is -2.59. The number of nitrogens with one attached hydrogen (secondary N) is 3. The van der Waals surface area contributed by atoms with E-state index in [1.54, 1.807) is 12.1 Å². The number of hydrogen-bond acceptors (Lipinski definition) is 6. The van der Waals surface area contributed by atoms with Gasteiger partial charge < -0.3 is 0 Å². The van der Waals surface area contributed by atoms with E-state index in [0.29, 0.717) is 0 Å². The molecular weight excluding hydrogens is 338 g/mol. The molecule has 2 rings (SSSR count). The number of carbonyl (C=O) groups excluding carboxylic acids is 1. The van der Waals surface area contributed by atoms with Crippen LogP contribution in [-0.4, -0.2) is 29.4 Å². The van der Waals surface area contributed by atoms with E-state index in [2.05, 4.69) is 25.5 Å². The molecule has 0 unspecified atom stereocenters. The van der Waals surface area contributed by atoms with Crippen molar-refractivity contribution in [3.63, 3.8) is 0 Å². The number of hydrogen-bond donors (Lipinski definition) is 3. The van der Waals surface area contributed by atoms with E-state index < -0.39 is 15.9 Å². The van der Waals surface area contributed by atoms with Crippen molar-refractivity contribution >= 4 is 33.3 Å². The smallest absolute Gasteiger partial charge is 0.273 e. The Morgan fingerprint density at radius 2 is 1.83 bits per heavy atom. The maximum absolute atomic E-state index is 12.1. The molecule has 1 aromatic heterocycles. The minimum absolute atomic E-state index is 0.0594. The van der Waals surface area contributed by atoms with Crippen LogP contribution >= 0.6 is 12.2 Å². The normalized spacial score (nSPS) is 10.7. The summed E-state index contributed by atoms with van der Waals surface area (Å²) >= 11 is 4.84. The summed E-state index contributed by atoms with van der Waals surface area (Å²) in [4.78, 5) is 19.3. The average molecular weight is 351 g/mol. The fourth-order valence-corrected chi connectivity index (χ4v) is 2.81. The van der Waals surface area contributed by atoms with Crippen molar-refractivity contribution < 1.29 is 13.2 Å². The Morgan fingerprint density at radius 1 is 1.13 bits per heavy atom. The second-order valence-corrected chi connectivity index (χ2v) is 6.51. The first kappa shape index (κ1) is 16.8.